The first-order valence-corrected chi connectivity index (χ1v) is 7.76. The molecule has 0 amide bonds. The molecule has 4 nitrogen and oxygen atoms in total. The maximum absolute atomic E-state index is 12.1. The van der Waals surface area contributed by atoms with Crippen LogP contribution < -0.4 is 10.0 Å². The van der Waals surface area contributed by atoms with Gasteiger partial charge in [-0.3, -0.25) is 0 Å². The van der Waals surface area contributed by atoms with Gasteiger partial charge in [0.2, 0.25) is 10.0 Å². The molecule has 1 unspecified atom stereocenters. The van der Waals surface area contributed by atoms with Crippen LogP contribution in [-0.4, -0.2) is 27.5 Å². The van der Waals surface area contributed by atoms with Crippen molar-refractivity contribution < 1.29 is 8.42 Å². The molecule has 2 rings (SSSR count). The van der Waals surface area contributed by atoms with Gasteiger partial charge < -0.3 is 5.32 Å². The summed E-state index contributed by atoms with van der Waals surface area (Å²) in [6.45, 7) is 3.49. The van der Waals surface area contributed by atoms with E-state index in [0.717, 1.165) is 23.0 Å². The summed E-state index contributed by atoms with van der Waals surface area (Å²) in [5, 5.41) is 3.13. The fourth-order valence-electron chi connectivity index (χ4n) is 1.78. The standard InChI is InChI=1S/C11H15BrN2O2S/c1-8-2-3-10(6-11(8)12)17(15,16)14-9-4-5-13-7-9/h2-3,6,9,13-14H,4-5,7H2,1H3. The minimum absolute atomic E-state index is 0.0000728. The predicted octanol–water partition coefficient (Wildman–Crippen LogP) is 1.40. The third kappa shape index (κ3) is 3.07. The first-order chi connectivity index (χ1) is 7.99. The van der Waals surface area contributed by atoms with Crippen molar-refractivity contribution in [1.82, 2.24) is 10.0 Å². The third-order valence-corrected chi connectivity index (χ3v) is 5.21. The second-order valence-corrected chi connectivity index (χ2v) is 6.79. The summed E-state index contributed by atoms with van der Waals surface area (Å²) >= 11 is 3.35. The maximum atomic E-state index is 12.1. The number of halogens is 1. The van der Waals surface area contributed by atoms with E-state index in [1.807, 2.05) is 6.92 Å². The fourth-order valence-corrected chi connectivity index (χ4v) is 3.61. The third-order valence-electron chi connectivity index (χ3n) is 2.84. The molecule has 1 heterocycles. The minimum atomic E-state index is -3.40. The van der Waals surface area contributed by atoms with Gasteiger partial charge in [0.25, 0.3) is 0 Å². The first kappa shape index (κ1) is 13.0. The van der Waals surface area contributed by atoms with Crippen LogP contribution in [0.3, 0.4) is 0 Å². The molecule has 2 N–H and O–H groups in total. The molecule has 1 aliphatic rings. The van der Waals surface area contributed by atoms with Crippen LogP contribution >= 0.6 is 15.9 Å². The van der Waals surface area contributed by atoms with Gasteiger partial charge in [-0.2, -0.15) is 0 Å². The van der Waals surface area contributed by atoms with Gasteiger partial charge in [0.05, 0.1) is 4.90 Å². The van der Waals surface area contributed by atoms with E-state index >= 15 is 0 Å². The Kier molecular flexibility index (Phi) is 3.87. The molecular weight excluding hydrogens is 304 g/mol. The van der Waals surface area contributed by atoms with Crippen LogP contribution in [0.4, 0.5) is 0 Å². The molecule has 1 atom stereocenters. The molecule has 1 fully saturated rings. The minimum Gasteiger partial charge on any atom is -0.315 e. The van der Waals surface area contributed by atoms with Gasteiger partial charge in [-0.05, 0) is 37.6 Å². The Balaban J connectivity index is 2.21. The topological polar surface area (TPSA) is 58.2 Å². The molecule has 94 valence electrons. The average Bonchev–Trinajstić information content (AvgIpc) is 2.73. The van der Waals surface area contributed by atoms with E-state index in [2.05, 4.69) is 26.0 Å². The second-order valence-electron chi connectivity index (χ2n) is 4.22. The molecule has 1 aliphatic heterocycles. The van der Waals surface area contributed by atoms with Gasteiger partial charge in [-0.25, -0.2) is 13.1 Å². The molecule has 6 heteroatoms. The Labute approximate surface area is 110 Å². The highest BCUT2D eigenvalue weighted by Crippen LogP contribution is 2.20. The maximum Gasteiger partial charge on any atom is 0.240 e. The van der Waals surface area contributed by atoms with Gasteiger partial charge in [0, 0.05) is 17.1 Å². The van der Waals surface area contributed by atoms with Crippen LogP contribution in [0.25, 0.3) is 0 Å². The zero-order valence-electron chi connectivity index (χ0n) is 9.53. The van der Waals surface area contributed by atoms with E-state index in [1.165, 1.54) is 0 Å². The summed E-state index contributed by atoms with van der Waals surface area (Å²) in [5.74, 6) is 0. The largest absolute Gasteiger partial charge is 0.315 e. The molecular formula is C11H15BrN2O2S. The Morgan fingerprint density at radius 2 is 2.24 bits per heavy atom. The summed E-state index contributed by atoms with van der Waals surface area (Å²) in [6, 6.07) is 5.07. The Hall–Kier alpha value is -0.430. The lowest BCUT2D eigenvalue weighted by Crippen LogP contribution is -2.36. The summed E-state index contributed by atoms with van der Waals surface area (Å²) in [6.07, 6.45) is 0.840. The monoisotopic (exact) mass is 318 g/mol. The highest BCUT2D eigenvalue weighted by atomic mass is 79.9. The van der Waals surface area contributed by atoms with Crippen molar-refractivity contribution in [2.45, 2.75) is 24.3 Å². The lowest BCUT2D eigenvalue weighted by molar-refractivity contribution is 0.560. The zero-order chi connectivity index (χ0) is 12.5. The van der Waals surface area contributed by atoms with Crippen LogP contribution in [0.5, 0.6) is 0 Å². The Morgan fingerprint density at radius 1 is 1.47 bits per heavy atom. The van der Waals surface area contributed by atoms with E-state index in [-0.39, 0.29) is 6.04 Å². The van der Waals surface area contributed by atoms with Crippen molar-refractivity contribution in [2.24, 2.45) is 0 Å². The van der Waals surface area contributed by atoms with Crippen LogP contribution in [0.2, 0.25) is 0 Å². The van der Waals surface area contributed by atoms with Gasteiger partial charge in [0.1, 0.15) is 0 Å². The normalized spacial score (nSPS) is 20.7. The number of sulfonamides is 1. The van der Waals surface area contributed by atoms with Crippen LogP contribution in [0, 0.1) is 6.92 Å². The van der Waals surface area contributed by atoms with Crippen molar-refractivity contribution in [3.63, 3.8) is 0 Å². The predicted molar refractivity (Wildman–Crippen MR) is 70.5 cm³/mol. The number of rotatable bonds is 3. The SMILES string of the molecule is Cc1ccc(S(=O)(=O)NC2CCNC2)cc1Br. The smallest absolute Gasteiger partial charge is 0.240 e. The second kappa shape index (κ2) is 5.06. The summed E-state index contributed by atoms with van der Waals surface area (Å²) in [4.78, 5) is 0.307. The van der Waals surface area contributed by atoms with Gasteiger partial charge >= 0.3 is 0 Å². The summed E-state index contributed by atoms with van der Waals surface area (Å²) < 4.78 is 27.7. The number of aryl methyl sites for hydroxylation is 1. The Bertz CT molecular complexity index is 510. The van der Waals surface area contributed by atoms with Gasteiger partial charge in [0.15, 0.2) is 0 Å². The van der Waals surface area contributed by atoms with Crippen molar-refractivity contribution in [3.05, 3.63) is 28.2 Å². The van der Waals surface area contributed by atoms with E-state index in [1.54, 1.807) is 18.2 Å². The molecule has 17 heavy (non-hydrogen) atoms. The van der Waals surface area contributed by atoms with Crippen molar-refractivity contribution >= 4 is 26.0 Å². The first-order valence-electron chi connectivity index (χ1n) is 5.48. The summed E-state index contributed by atoms with van der Waals surface area (Å²) in [5.41, 5.74) is 1.02. The van der Waals surface area contributed by atoms with Crippen LogP contribution in [0.15, 0.2) is 27.6 Å². The van der Waals surface area contributed by atoms with E-state index in [9.17, 15) is 8.42 Å². The van der Waals surface area contributed by atoms with E-state index < -0.39 is 10.0 Å². The van der Waals surface area contributed by atoms with E-state index in [0.29, 0.717) is 11.4 Å². The molecule has 0 aromatic heterocycles. The lowest BCUT2D eigenvalue weighted by Gasteiger charge is -2.12. The van der Waals surface area contributed by atoms with Crippen molar-refractivity contribution in [3.8, 4) is 0 Å². The molecule has 0 spiro atoms. The van der Waals surface area contributed by atoms with E-state index in [4.69, 9.17) is 0 Å². The van der Waals surface area contributed by atoms with Crippen LogP contribution in [0.1, 0.15) is 12.0 Å². The lowest BCUT2D eigenvalue weighted by atomic mass is 10.2. The molecule has 0 radical (unpaired) electrons. The average molecular weight is 319 g/mol. The van der Waals surface area contributed by atoms with Gasteiger partial charge in [-0.1, -0.05) is 22.0 Å². The molecule has 1 aromatic rings. The number of hydrogen-bond acceptors (Lipinski definition) is 3. The Morgan fingerprint density at radius 3 is 2.82 bits per heavy atom. The van der Waals surface area contributed by atoms with Crippen molar-refractivity contribution in [1.29, 1.82) is 0 Å². The van der Waals surface area contributed by atoms with Crippen LogP contribution in [-0.2, 0) is 10.0 Å². The highest BCUT2D eigenvalue weighted by molar-refractivity contribution is 9.10. The molecule has 0 bridgehead atoms. The number of hydrogen-bond donors (Lipinski definition) is 2. The van der Waals surface area contributed by atoms with Gasteiger partial charge in [-0.15, -0.1) is 0 Å². The number of benzene rings is 1. The van der Waals surface area contributed by atoms with Crippen molar-refractivity contribution in [2.75, 3.05) is 13.1 Å². The molecule has 0 saturated carbocycles. The molecule has 1 aromatic carbocycles. The quantitative estimate of drug-likeness (QED) is 0.885. The number of nitrogens with one attached hydrogen (secondary N) is 2. The fraction of sp³-hybridized carbons (Fsp3) is 0.455. The highest BCUT2D eigenvalue weighted by Gasteiger charge is 2.22. The molecule has 0 aliphatic carbocycles. The summed E-state index contributed by atoms with van der Waals surface area (Å²) in [7, 11) is -3.40. The molecule has 1 saturated heterocycles. The zero-order valence-corrected chi connectivity index (χ0v) is 11.9.